The van der Waals surface area contributed by atoms with E-state index >= 15 is 0 Å². The highest BCUT2D eigenvalue weighted by Gasteiger charge is 2.21. The summed E-state index contributed by atoms with van der Waals surface area (Å²) in [5, 5.41) is 9.43. The minimum absolute atomic E-state index is 0.362. The summed E-state index contributed by atoms with van der Waals surface area (Å²) in [6.07, 6.45) is 3.62. The van der Waals surface area contributed by atoms with Crippen LogP contribution in [-0.4, -0.2) is 44.9 Å². The first kappa shape index (κ1) is 18.0. The van der Waals surface area contributed by atoms with Crippen LogP contribution in [0.1, 0.15) is 13.8 Å². The van der Waals surface area contributed by atoms with Crippen LogP contribution in [0.25, 0.3) is 33.2 Å². The lowest BCUT2D eigenvalue weighted by molar-refractivity contribution is 0.407. The Morgan fingerprint density at radius 2 is 1.86 bits per heavy atom. The van der Waals surface area contributed by atoms with E-state index in [0.29, 0.717) is 29.0 Å². The number of piperazine rings is 1. The zero-order valence-corrected chi connectivity index (χ0v) is 16.7. The Balaban J connectivity index is 1.51. The van der Waals surface area contributed by atoms with E-state index in [0.717, 1.165) is 29.4 Å². The maximum Gasteiger partial charge on any atom is 0.159 e. The molecule has 0 saturated carbocycles. The zero-order valence-electron chi connectivity index (χ0n) is 16.7. The molecule has 0 bridgehead atoms. The molecule has 6 nitrogen and oxygen atoms in total. The third kappa shape index (κ3) is 3.31. The lowest BCUT2D eigenvalue weighted by Crippen LogP contribution is -2.54. The fourth-order valence-electron chi connectivity index (χ4n) is 4.24. The van der Waals surface area contributed by atoms with Gasteiger partial charge in [-0.25, -0.2) is 14.4 Å². The van der Waals surface area contributed by atoms with Crippen molar-refractivity contribution in [3.63, 3.8) is 0 Å². The molecule has 0 radical (unpaired) electrons. The van der Waals surface area contributed by atoms with Crippen molar-refractivity contribution in [3.8, 4) is 11.4 Å². The van der Waals surface area contributed by atoms with Crippen LogP contribution in [0.2, 0.25) is 0 Å². The predicted octanol–water partition coefficient (Wildman–Crippen LogP) is 3.51. The van der Waals surface area contributed by atoms with Crippen LogP contribution in [0.4, 0.5) is 10.1 Å². The van der Waals surface area contributed by atoms with Gasteiger partial charge in [-0.1, -0.05) is 0 Å². The van der Waals surface area contributed by atoms with Crippen LogP contribution in [0, 0.1) is 5.82 Å². The first-order valence-corrected chi connectivity index (χ1v) is 9.87. The Morgan fingerprint density at radius 1 is 1.07 bits per heavy atom. The van der Waals surface area contributed by atoms with E-state index in [1.807, 2.05) is 18.3 Å². The van der Waals surface area contributed by atoms with Crippen LogP contribution in [0.15, 0.2) is 42.7 Å². The molecule has 29 heavy (non-hydrogen) atoms. The van der Waals surface area contributed by atoms with Gasteiger partial charge in [-0.3, -0.25) is 4.68 Å². The first-order valence-electron chi connectivity index (χ1n) is 9.87. The summed E-state index contributed by atoms with van der Waals surface area (Å²) in [6, 6.07) is 10.5. The van der Waals surface area contributed by atoms with Crippen molar-refractivity contribution in [2.24, 2.45) is 7.05 Å². The van der Waals surface area contributed by atoms with Crippen molar-refractivity contribution in [3.05, 3.63) is 48.5 Å². The molecule has 1 saturated heterocycles. The van der Waals surface area contributed by atoms with E-state index in [4.69, 9.17) is 0 Å². The maximum absolute atomic E-state index is 14.4. The second kappa shape index (κ2) is 6.77. The molecule has 3 heterocycles. The van der Waals surface area contributed by atoms with E-state index < -0.39 is 0 Å². The number of benzene rings is 2. The Morgan fingerprint density at radius 3 is 2.66 bits per heavy atom. The van der Waals surface area contributed by atoms with Gasteiger partial charge in [0.15, 0.2) is 11.6 Å². The van der Waals surface area contributed by atoms with Crippen molar-refractivity contribution in [2.45, 2.75) is 25.9 Å². The Hall–Kier alpha value is -3.06. The average Bonchev–Trinajstić information content (AvgIpc) is 3.07. The second-order valence-corrected chi connectivity index (χ2v) is 8.01. The summed E-state index contributed by atoms with van der Waals surface area (Å²) in [4.78, 5) is 11.6. The van der Waals surface area contributed by atoms with Crippen molar-refractivity contribution in [2.75, 3.05) is 18.0 Å². The summed E-state index contributed by atoms with van der Waals surface area (Å²) in [5.41, 5.74) is 3.04. The van der Waals surface area contributed by atoms with E-state index in [2.05, 4.69) is 51.3 Å². The van der Waals surface area contributed by atoms with Gasteiger partial charge in [0.1, 0.15) is 5.52 Å². The topological polar surface area (TPSA) is 58.9 Å². The molecule has 0 aliphatic carbocycles. The summed E-state index contributed by atoms with van der Waals surface area (Å²) in [6.45, 7) is 6.35. The van der Waals surface area contributed by atoms with Gasteiger partial charge in [0.2, 0.25) is 0 Å². The zero-order chi connectivity index (χ0) is 20.1. The van der Waals surface area contributed by atoms with Crippen LogP contribution < -0.4 is 10.2 Å². The number of nitrogens with one attached hydrogen (secondary N) is 1. The number of hydrogen-bond donors (Lipinski definition) is 1. The van der Waals surface area contributed by atoms with E-state index in [1.54, 1.807) is 17.9 Å². The standard InChI is InChI=1S/C22H23FN6/c1-13-10-29(11-14(2)25-13)18-4-5-20-16(7-18)9-24-22(26-20)15-6-17-12-28(3)27-21(17)19(23)8-15/h4-9,12-14,25H,10-11H2,1-3H3/t13-,14-/m0/s1. The lowest BCUT2D eigenvalue weighted by atomic mass is 10.1. The van der Waals surface area contributed by atoms with Gasteiger partial charge in [0, 0.05) is 66.6 Å². The smallest absolute Gasteiger partial charge is 0.159 e. The number of hydrogen-bond acceptors (Lipinski definition) is 5. The largest absolute Gasteiger partial charge is 0.368 e. The average molecular weight is 390 g/mol. The molecule has 1 N–H and O–H groups in total. The molecule has 148 valence electrons. The maximum atomic E-state index is 14.4. The molecular weight excluding hydrogens is 367 g/mol. The second-order valence-electron chi connectivity index (χ2n) is 8.01. The highest BCUT2D eigenvalue weighted by Crippen LogP contribution is 2.27. The molecule has 0 unspecified atom stereocenters. The van der Waals surface area contributed by atoms with Gasteiger partial charge in [-0.15, -0.1) is 0 Å². The quantitative estimate of drug-likeness (QED) is 0.568. The summed E-state index contributed by atoms with van der Waals surface area (Å²) in [5.74, 6) is 0.151. The molecule has 0 amide bonds. The predicted molar refractivity (Wildman–Crippen MR) is 113 cm³/mol. The van der Waals surface area contributed by atoms with Crippen LogP contribution in [0.3, 0.4) is 0 Å². The Labute approximate surface area is 168 Å². The van der Waals surface area contributed by atoms with Gasteiger partial charge >= 0.3 is 0 Å². The molecule has 7 heteroatoms. The van der Waals surface area contributed by atoms with Gasteiger partial charge in [0.05, 0.1) is 5.52 Å². The van der Waals surface area contributed by atoms with Crippen molar-refractivity contribution in [1.82, 2.24) is 25.1 Å². The minimum atomic E-state index is -0.362. The highest BCUT2D eigenvalue weighted by molar-refractivity contribution is 5.86. The number of aryl methyl sites for hydroxylation is 1. The first-order chi connectivity index (χ1) is 14.0. The molecule has 2 aromatic carbocycles. The Kier molecular flexibility index (Phi) is 4.20. The van der Waals surface area contributed by atoms with Crippen LogP contribution >= 0.6 is 0 Å². The van der Waals surface area contributed by atoms with Crippen LogP contribution in [0.5, 0.6) is 0 Å². The molecule has 2 atom stereocenters. The summed E-state index contributed by atoms with van der Waals surface area (Å²) >= 11 is 0. The fourth-order valence-corrected chi connectivity index (χ4v) is 4.24. The molecule has 1 aliphatic rings. The third-order valence-corrected chi connectivity index (χ3v) is 5.42. The number of anilines is 1. The van der Waals surface area contributed by atoms with Crippen molar-refractivity contribution in [1.29, 1.82) is 0 Å². The highest BCUT2D eigenvalue weighted by atomic mass is 19.1. The third-order valence-electron chi connectivity index (χ3n) is 5.42. The molecule has 5 rings (SSSR count). The number of rotatable bonds is 2. The van der Waals surface area contributed by atoms with Gasteiger partial charge in [-0.05, 0) is 44.2 Å². The molecular formula is C22H23FN6. The van der Waals surface area contributed by atoms with Crippen molar-refractivity contribution >= 4 is 27.5 Å². The SMILES string of the molecule is C[C@H]1CN(c2ccc3nc(-c4cc(F)c5nn(C)cc5c4)ncc3c2)C[C@H](C)N1. The number of halogens is 1. The van der Waals surface area contributed by atoms with Gasteiger partial charge in [0.25, 0.3) is 0 Å². The number of nitrogens with zero attached hydrogens (tertiary/aromatic N) is 5. The molecule has 0 spiro atoms. The van der Waals surface area contributed by atoms with Gasteiger partial charge in [-0.2, -0.15) is 5.10 Å². The van der Waals surface area contributed by atoms with E-state index in [9.17, 15) is 4.39 Å². The van der Waals surface area contributed by atoms with Crippen molar-refractivity contribution < 1.29 is 4.39 Å². The molecule has 1 aliphatic heterocycles. The summed E-state index contributed by atoms with van der Waals surface area (Å²) < 4.78 is 16.0. The van der Waals surface area contributed by atoms with Gasteiger partial charge < -0.3 is 10.2 Å². The number of aromatic nitrogens is 4. The van der Waals surface area contributed by atoms with E-state index in [-0.39, 0.29) is 5.82 Å². The molecule has 2 aromatic heterocycles. The lowest BCUT2D eigenvalue weighted by Gasteiger charge is -2.37. The minimum Gasteiger partial charge on any atom is -0.368 e. The molecule has 4 aromatic rings. The molecule has 1 fully saturated rings. The van der Waals surface area contributed by atoms with E-state index in [1.165, 1.54) is 11.8 Å². The fraction of sp³-hybridized carbons (Fsp3) is 0.318. The Bertz CT molecular complexity index is 1210. The summed E-state index contributed by atoms with van der Waals surface area (Å²) in [7, 11) is 1.78. The number of fused-ring (bicyclic) bond motifs is 2. The normalized spacial score (nSPS) is 19.9. The monoisotopic (exact) mass is 390 g/mol. The van der Waals surface area contributed by atoms with Crippen LogP contribution in [-0.2, 0) is 7.05 Å².